The Morgan fingerprint density at radius 2 is 1.81 bits per heavy atom. The maximum absolute atomic E-state index is 12.3. The van der Waals surface area contributed by atoms with E-state index in [0.717, 1.165) is 17.5 Å². The molecular formula is C21H24N4O2. The van der Waals surface area contributed by atoms with Crippen LogP contribution in [0.1, 0.15) is 42.0 Å². The SMILES string of the molecule is CC(C)(O)CCc1ccc(C(=O)NCc2nc(-c3ccccc3)n[nH]2)cc1. The highest BCUT2D eigenvalue weighted by molar-refractivity contribution is 5.94. The molecule has 0 aliphatic heterocycles. The van der Waals surface area contributed by atoms with E-state index in [0.29, 0.717) is 23.6 Å². The molecule has 0 aliphatic carbocycles. The molecule has 27 heavy (non-hydrogen) atoms. The fraction of sp³-hybridized carbons (Fsp3) is 0.286. The van der Waals surface area contributed by atoms with Gasteiger partial charge in [-0.05, 0) is 44.4 Å². The number of rotatable bonds is 7. The number of benzene rings is 2. The molecule has 0 aliphatic rings. The monoisotopic (exact) mass is 364 g/mol. The van der Waals surface area contributed by atoms with Gasteiger partial charge in [-0.3, -0.25) is 9.89 Å². The van der Waals surface area contributed by atoms with Crippen LogP contribution in [-0.2, 0) is 13.0 Å². The number of aromatic nitrogens is 3. The van der Waals surface area contributed by atoms with Gasteiger partial charge in [0.25, 0.3) is 5.91 Å². The van der Waals surface area contributed by atoms with Crippen LogP contribution in [0.25, 0.3) is 11.4 Å². The summed E-state index contributed by atoms with van der Waals surface area (Å²) in [5, 5.41) is 19.7. The van der Waals surface area contributed by atoms with Gasteiger partial charge in [0.2, 0.25) is 0 Å². The van der Waals surface area contributed by atoms with Crippen molar-refractivity contribution in [2.45, 2.75) is 38.8 Å². The normalized spacial score (nSPS) is 11.4. The van der Waals surface area contributed by atoms with Crippen molar-refractivity contribution in [3.05, 3.63) is 71.5 Å². The van der Waals surface area contributed by atoms with Crippen molar-refractivity contribution in [1.82, 2.24) is 20.5 Å². The van der Waals surface area contributed by atoms with Crippen LogP contribution in [-0.4, -0.2) is 31.8 Å². The Morgan fingerprint density at radius 3 is 2.48 bits per heavy atom. The summed E-state index contributed by atoms with van der Waals surface area (Å²) in [6.07, 6.45) is 1.44. The number of aromatic amines is 1. The number of H-pyrrole nitrogens is 1. The van der Waals surface area contributed by atoms with Crippen molar-refractivity contribution < 1.29 is 9.90 Å². The summed E-state index contributed by atoms with van der Waals surface area (Å²) in [4.78, 5) is 16.7. The number of carbonyl (C=O) groups excluding carboxylic acids is 1. The van der Waals surface area contributed by atoms with Crippen molar-refractivity contribution in [1.29, 1.82) is 0 Å². The molecule has 0 spiro atoms. The van der Waals surface area contributed by atoms with E-state index in [2.05, 4.69) is 20.5 Å². The Balaban J connectivity index is 1.54. The van der Waals surface area contributed by atoms with Crippen molar-refractivity contribution in [3.8, 4) is 11.4 Å². The second-order valence-electron chi connectivity index (χ2n) is 7.16. The van der Waals surface area contributed by atoms with Crippen molar-refractivity contribution in [2.75, 3.05) is 0 Å². The van der Waals surface area contributed by atoms with Crippen LogP contribution in [0.4, 0.5) is 0 Å². The van der Waals surface area contributed by atoms with E-state index in [-0.39, 0.29) is 12.5 Å². The molecule has 0 radical (unpaired) electrons. The number of aryl methyl sites for hydroxylation is 1. The molecule has 1 amide bonds. The molecule has 2 aromatic carbocycles. The molecule has 3 N–H and O–H groups in total. The molecule has 0 atom stereocenters. The Bertz CT molecular complexity index is 881. The lowest BCUT2D eigenvalue weighted by molar-refractivity contribution is 0.0713. The zero-order chi connectivity index (χ0) is 19.3. The Kier molecular flexibility index (Phi) is 5.66. The minimum atomic E-state index is -0.689. The molecule has 6 nitrogen and oxygen atoms in total. The molecule has 0 unspecified atom stereocenters. The van der Waals surface area contributed by atoms with Crippen LogP contribution in [0, 0.1) is 0 Å². The van der Waals surface area contributed by atoms with Crippen molar-refractivity contribution in [3.63, 3.8) is 0 Å². The summed E-state index contributed by atoms with van der Waals surface area (Å²) in [7, 11) is 0. The smallest absolute Gasteiger partial charge is 0.251 e. The standard InChI is InChI=1S/C21H24N4O2/c1-21(2,27)13-12-15-8-10-17(11-9-15)20(26)22-14-18-23-19(25-24-18)16-6-4-3-5-7-16/h3-11,27H,12-14H2,1-2H3,(H,22,26)(H,23,24,25). The van der Waals surface area contributed by atoms with Gasteiger partial charge in [0.1, 0.15) is 5.82 Å². The molecule has 3 aromatic rings. The molecule has 3 rings (SSSR count). The van der Waals surface area contributed by atoms with E-state index in [1.807, 2.05) is 42.5 Å². The maximum Gasteiger partial charge on any atom is 0.251 e. The predicted octanol–water partition coefficient (Wildman–Crippen LogP) is 3.11. The third kappa shape index (κ3) is 5.49. The third-order valence-electron chi connectivity index (χ3n) is 4.22. The number of hydrogen-bond donors (Lipinski definition) is 3. The molecule has 1 aromatic heterocycles. The zero-order valence-corrected chi connectivity index (χ0v) is 15.6. The lowest BCUT2D eigenvalue weighted by Gasteiger charge is -2.16. The van der Waals surface area contributed by atoms with Gasteiger partial charge in [0.05, 0.1) is 12.1 Å². The minimum absolute atomic E-state index is 0.165. The summed E-state index contributed by atoms with van der Waals surface area (Å²) in [6, 6.07) is 17.1. The number of nitrogens with one attached hydrogen (secondary N) is 2. The Hall–Kier alpha value is -2.99. The first-order chi connectivity index (χ1) is 12.9. The summed E-state index contributed by atoms with van der Waals surface area (Å²) in [5.41, 5.74) is 1.92. The van der Waals surface area contributed by atoms with Crippen molar-refractivity contribution in [2.24, 2.45) is 0 Å². The fourth-order valence-electron chi connectivity index (χ4n) is 2.63. The lowest BCUT2D eigenvalue weighted by Crippen LogP contribution is -2.23. The largest absolute Gasteiger partial charge is 0.390 e. The highest BCUT2D eigenvalue weighted by Gasteiger charge is 2.13. The van der Waals surface area contributed by atoms with Gasteiger partial charge < -0.3 is 10.4 Å². The van der Waals surface area contributed by atoms with Gasteiger partial charge in [-0.1, -0.05) is 42.5 Å². The van der Waals surface area contributed by atoms with Gasteiger partial charge in [0, 0.05) is 11.1 Å². The van der Waals surface area contributed by atoms with E-state index in [1.165, 1.54) is 0 Å². The summed E-state index contributed by atoms with van der Waals surface area (Å²) < 4.78 is 0. The molecule has 140 valence electrons. The summed E-state index contributed by atoms with van der Waals surface area (Å²) in [6.45, 7) is 3.86. The van der Waals surface area contributed by atoms with E-state index >= 15 is 0 Å². The van der Waals surface area contributed by atoms with E-state index < -0.39 is 5.60 Å². The predicted molar refractivity (Wildman–Crippen MR) is 104 cm³/mol. The number of nitrogens with zero attached hydrogens (tertiary/aromatic N) is 2. The first-order valence-electron chi connectivity index (χ1n) is 8.97. The second kappa shape index (κ2) is 8.14. The van der Waals surface area contributed by atoms with Crippen LogP contribution in [0.2, 0.25) is 0 Å². The lowest BCUT2D eigenvalue weighted by atomic mass is 9.98. The minimum Gasteiger partial charge on any atom is -0.390 e. The van der Waals surface area contributed by atoms with E-state index in [4.69, 9.17) is 0 Å². The van der Waals surface area contributed by atoms with E-state index in [9.17, 15) is 9.90 Å². The van der Waals surface area contributed by atoms with Gasteiger partial charge in [-0.15, -0.1) is 0 Å². The van der Waals surface area contributed by atoms with Crippen LogP contribution >= 0.6 is 0 Å². The Labute approximate surface area is 158 Å². The van der Waals surface area contributed by atoms with Crippen LogP contribution in [0.3, 0.4) is 0 Å². The number of amides is 1. The molecular weight excluding hydrogens is 340 g/mol. The quantitative estimate of drug-likeness (QED) is 0.601. The molecule has 0 fully saturated rings. The summed E-state index contributed by atoms with van der Waals surface area (Å²) in [5.74, 6) is 1.04. The molecule has 1 heterocycles. The molecule has 0 bridgehead atoms. The van der Waals surface area contributed by atoms with Crippen molar-refractivity contribution >= 4 is 5.91 Å². The average molecular weight is 364 g/mol. The average Bonchev–Trinajstić information content (AvgIpc) is 3.14. The number of aliphatic hydroxyl groups is 1. The molecule has 0 saturated heterocycles. The van der Waals surface area contributed by atoms with Crippen LogP contribution in [0.15, 0.2) is 54.6 Å². The van der Waals surface area contributed by atoms with Gasteiger partial charge >= 0.3 is 0 Å². The van der Waals surface area contributed by atoms with Gasteiger partial charge in [-0.25, -0.2) is 4.98 Å². The Morgan fingerprint density at radius 1 is 1.11 bits per heavy atom. The first-order valence-corrected chi connectivity index (χ1v) is 8.97. The number of hydrogen-bond acceptors (Lipinski definition) is 4. The highest BCUT2D eigenvalue weighted by Crippen LogP contribution is 2.15. The topological polar surface area (TPSA) is 90.9 Å². The van der Waals surface area contributed by atoms with Gasteiger partial charge in [-0.2, -0.15) is 5.10 Å². The molecule has 6 heteroatoms. The molecule has 0 saturated carbocycles. The highest BCUT2D eigenvalue weighted by atomic mass is 16.3. The third-order valence-corrected chi connectivity index (χ3v) is 4.22. The van der Waals surface area contributed by atoms with Gasteiger partial charge in [0.15, 0.2) is 5.82 Å². The zero-order valence-electron chi connectivity index (χ0n) is 15.6. The first kappa shape index (κ1) is 18.8. The van der Waals surface area contributed by atoms with Crippen LogP contribution in [0.5, 0.6) is 0 Å². The summed E-state index contributed by atoms with van der Waals surface area (Å²) >= 11 is 0. The van der Waals surface area contributed by atoms with E-state index in [1.54, 1.807) is 26.0 Å². The second-order valence-corrected chi connectivity index (χ2v) is 7.16. The number of carbonyl (C=O) groups is 1. The van der Waals surface area contributed by atoms with Crippen LogP contribution < -0.4 is 5.32 Å². The maximum atomic E-state index is 12.3. The fourth-order valence-corrected chi connectivity index (χ4v) is 2.63.